The summed E-state index contributed by atoms with van der Waals surface area (Å²) in [5, 5.41) is 3.65. The number of rotatable bonds is 13. The second-order valence-corrected chi connectivity index (χ2v) is 6.72. The second kappa shape index (κ2) is 12.6. The van der Waals surface area contributed by atoms with Crippen LogP contribution in [0.15, 0.2) is 18.5 Å². The summed E-state index contributed by atoms with van der Waals surface area (Å²) in [6.07, 6.45) is 15.7. The Kier molecular flexibility index (Phi) is 10.9. The number of nitrogens with zero attached hydrogens (tertiary/aromatic N) is 2. The van der Waals surface area contributed by atoms with Crippen LogP contribution in [0.1, 0.15) is 90.4 Å². The van der Waals surface area contributed by atoms with Crippen molar-refractivity contribution in [3.8, 4) is 0 Å². The molecular weight excluding hydrogens is 270 g/mol. The molecule has 0 saturated carbocycles. The van der Waals surface area contributed by atoms with Crippen LogP contribution in [0.3, 0.4) is 0 Å². The van der Waals surface area contributed by atoms with E-state index in [1.54, 1.807) is 0 Å². The molecule has 1 N–H and O–H groups in total. The van der Waals surface area contributed by atoms with Crippen LogP contribution in [0.2, 0.25) is 0 Å². The summed E-state index contributed by atoms with van der Waals surface area (Å²) < 4.78 is 0. The lowest BCUT2D eigenvalue weighted by molar-refractivity contribution is 0.407. The van der Waals surface area contributed by atoms with Crippen molar-refractivity contribution in [2.45, 2.75) is 84.6 Å². The molecule has 0 amide bonds. The van der Waals surface area contributed by atoms with E-state index in [9.17, 15) is 0 Å². The van der Waals surface area contributed by atoms with Crippen molar-refractivity contribution in [1.82, 2.24) is 15.3 Å². The summed E-state index contributed by atoms with van der Waals surface area (Å²) >= 11 is 0. The van der Waals surface area contributed by atoms with Crippen LogP contribution >= 0.6 is 0 Å². The first-order valence-corrected chi connectivity index (χ1v) is 9.24. The molecule has 1 aromatic heterocycles. The molecular formula is C19H35N3. The predicted molar refractivity (Wildman–Crippen MR) is 94.8 cm³/mol. The molecule has 0 aliphatic rings. The summed E-state index contributed by atoms with van der Waals surface area (Å²) in [7, 11) is 0. The van der Waals surface area contributed by atoms with Crippen molar-refractivity contribution < 1.29 is 0 Å². The van der Waals surface area contributed by atoms with Crippen molar-refractivity contribution >= 4 is 0 Å². The lowest BCUT2D eigenvalue weighted by Crippen LogP contribution is -2.25. The summed E-state index contributed by atoms with van der Waals surface area (Å²) in [5.41, 5.74) is 0. The molecule has 22 heavy (non-hydrogen) atoms. The Morgan fingerprint density at radius 1 is 0.909 bits per heavy atom. The number of nitrogens with one attached hydrogen (secondary N) is 1. The standard InChI is InChI=1S/C19H35N3/c1-4-5-6-7-8-9-10-11-13-20-18(16-17(2)3)19-21-14-12-15-22-19/h12,14-15,17-18,20H,4-11,13,16H2,1-3H3. The molecule has 0 spiro atoms. The molecule has 0 aliphatic carbocycles. The van der Waals surface area contributed by atoms with Crippen LogP contribution in [0.25, 0.3) is 0 Å². The highest BCUT2D eigenvalue weighted by Crippen LogP contribution is 2.17. The fourth-order valence-electron chi connectivity index (χ4n) is 2.78. The van der Waals surface area contributed by atoms with Gasteiger partial charge in [-0.15, -0.1) is 0 Å². The predicted octanol–water partition coefficient (Wildman–Crippen LogP) is 5.29. The highest BCUT2D eigenvalue weighted by molar-refractivity contribution is 4.96. The molecule has 1 heterocycles. The fourth-order valence-corrected chi connectivity index (χ4v) is 2.78. The monoisotopic (exact) mass is 305 g/mol. The van der Waals surface area contributed by atoms with Gasteiger partial charge in [-0.25, -0.2) is 9.97 Å². The maximum Gasteiger partial charge on any atom is 0.145 e. The van der Waals surface area contributed by atoms with Gasteiger partial charge < -0.3 is 5.32 Å². The smallest absolute Gasteiger partial charge is 0.145 e. The van der Waals surface area contributed by atoms with Crippen molar-refractivity contribution in [1.29, 1.82) is 0 Å². The third-order valence-corrected chi connectivity index (χ3v) is 4.03. The van der Waals surface area contributed by atoms with E-state index in [2.05, 4.69) is 36.1 Å². The second-order valence-electron chi connectivity index (χ2n) is 6.72. The lowest BCUT2D eigenvalue weighted by Gasteiger charge is -2.19. The zero-order valence-corrected chi connectivity index (χ0v) is 14.9. The molecule has 1 atom stereocenters. The van der Waals surface area contributed by atoms with Gasteiger partial charge in [0.15, 0.2) is 0 Å². The maximum atomic E-state index is 4.42. The van der Waals surface area contributed by atoms with Crippen molar-refractivity contribution in [3.63, 3.8) is 0 Å². The molecule has 1 unspecified atom stereocenters. The van der Waals surface area contributed by atoms with Gasteiger partial charge in [0, 0.05) is 12.4 Å². The molecule has 3 heteroatoms. The van der Waals surface area contributed by atoms with Gasteiger partial charge >= 0.3 is 0 Å². The van der Waals surface area contributed by atoms with Gasteiger partial charge in [-0.1, -0.05) is 65.7 Å². The zero-order valence-electron chi connectivity index (χ0n) is 14.9. The van der Waals surface area contributed by atoms with E-state index in [0.717, 1.165) is 18.8 Å². The van der Waals surface area contributed by atoms with Gasteiger partial charge in [0.2, 0.25) is 0 Å². The maximum absolute atomic E-state index is 4.42. The molecule has 1 aromatic rings. The zero-order chi connectivity index (χ0) is 16.0. The van der Waals surface area contributed by atoms with Crippen LogP contribution in [0, 0.1) is 5.92 Å². The summed E-state index contributed by atoms with van der Waals surface area (Å²) in [4.78, 5) is 8.83. The van der Waals surface area contributed by atoms with E-state index in [-0.39, 0.29) is 0 Å². The lowest BCUT2D eigenvalue weighted by atomic mass is 10.0. The fraction of sp³-hybridized carbons (Fsp3) is 0.789. The molecule has 0 radical (unpaired) electrons. The average Bonchev–Trinajstić information content (AvgIpc) is 2.52. The van der Waals surface area contributed by atoms with Crippen LogP contribution in [-0.2, 0) is 0 Å². The van der Waals surface area contributed by atoms with Gasteiger partial charge in [0.25, 0.3) is 0 Å². The van der Waals surface area contributed by atoms with E-state index in [1.807, 2.05) is 18.5 Å². The Hall–Kier alpha value is -0.960. The minimum atomic E-state index is 0.297. The van der Waals surface area contributed by atoms with E-state index < -0.39 is 0 Å². The molecule has 3 nitrogen and oxygen atoms in total. The van der Waals surface area contributed by atoms with E-state index in [0.29, 0.717) is 12.0 Å². The number of aromatic nitrogens is 2. The van der Waals surface area contributed by atoms with Gasteiger partial charge in [-0.05, 0) is 31.4 Å². The third kappa shape index (κ3) is 9.14. The normalized spacial score (nSPS) is 12.7. The van der Waals surface area contributed by atoms with E-state index >= 15 is 0 Å². The minimum Gasteiger partial charge on any atom is -0.307 e. The first-order valence-electron chi connectivity index (χ1n) is 9.24. The largest absolute Gasteiger partial charge is 0.307 e. The van der Waals surface area contributed by atoms with E-state index in [1.165, 1.54) is 51.4 Å². The molecule has 0 fully saturated rings. The molecule has 126 valence electrons. The first kappa shape index (κ1) is 19.1. The molecule has 0 aromatic carbocycles. The Bertz CT molecular complexity index is 351. The summed E-state index contributed by atoms with van der Waals surface area (Å²) in [6.45, 7) is 7.86. The quantitative estimate of drug-likeness (QED) is 0.503. The van der Waals surface area contributed by atoms with Crippen LogP contribution in [0.5, 0.6) is 0 Å². The van der Waals surface area contributed by atoms with Gasteiger partial charge in [-0.3, -0.25) is 0 Å². The minimum absolute atomic E-state index is 0.297. The molecule has 0 bridgehead atoms. The van der Waals surface area contributed by atoms with Crippen LogP contribution in [0.4, 0.5) is 0 Å². The van der Waals surface area contributed by atoms with E-state index in [4.69, 9.17) is 0 Å². The number of unbranched alkanes of at least 4 members (excludes halogenated alkanes) is 7. The summed E-state index contributed by atoms with van der Waals surface area (Å²) in [6, 6.07) is 2.18. The van der Waals surface area contributed by atoms with Gasteiger partial charge in [0.05, 0.1) is 6.04 Å². The number of hydrogen-bond donors (Lipinski definition) is 1. The molecule has 0 saturated heterocycles. The highest BCUT2D eigenvalue weighted by atomic mass is 15.0. The Morgan fingerprint density at radius 3 is 2.09 bits per heavy atom. The van der Waals surface area contributed by atoms with Gasteiger partial charge in [0.1, 0.15) is 5.82 Å². The Balaban J connectivity index is 2.16. The first-order chi connectivity index (χ1) is 10.7. The highest BCUT2D eigenvalue weighted by Gasteiger charge is 2.14. The number of hydrogen-bond acceptors (Lipinski definition) is 3. The van der Waals surface area contributed by atoms with Crippen molar-refractivity contribution in [3.05, 3.63) is 24.3 Å². The van der Waals surface area contributed by atoms with Crippen LogP contribution < -0.4 is 5.32 Å². The van der Waals surface area contributed by atoms with Crippen molar-refractivity contribution in [2.75, 3.05) is 6.54 Å². The topological polar surface area (TPSA) is 37.8 Å². The Morgan fingerprint density at radius 2 is 1.50 bits per heavy atom. The third-order valence-electron chi connectivity index (χ3n) is 4.03. The summed E-state index contributed by atoms with van der Waals surface area (Å²) in [5.74, 6) is 1.59. The molecule has 1 rings (SSSR count). The SMILES string of the molecule is CCCCCCCCCCNC(CC(C)C)c1ncccn1. The molecule has 0 aliphatic heterocycles. The average molecular weight is 306 g/mol. The van der Waals surface area contributed by atoms with Crippen molar-refractivity contribution in [2.24, 2.45) is 5.92 Å². The Labute approximate surface area is 137 Å². The van der Waals surface area contributed by atoms with Crippen LogP contribution in [-0.4, -0.2) is 16.5 Å². The van der Waals surface area contributed by atoms with Gasteiger partial charge in [-0.2, -0.15) is 0 Å².